The van der Waals surface area contributed by atoms with E-state index in [9.17, 15) is 18.0 Å². The topological polar surface area (TPSA) is 117 Å². The minimum atomic E-state index is -4.90. The standard InChI is InChI=1S/C31H34F3N7O2/c1-22-26(20-37-29(38-22)40-30(42)39-27-9-2-3-10-28(27)43-31(32,33)34)25-13-11-24(12-14-25)21-41(18-6-15-35)17-5-8-23-7-4-16-36-19-23/h2-4,7,9-14,16,19-20H,1,5-6,8,15,17-18,21,35H2,(H3,37,38,39,40,42). The monoisotopic (exact) mass is 593 g/mol. The van der Waals surface area contributed by atoms with Crippen LogP contribution in [0.3, 0.4) is 0 Å². The third-order valence-corrected chi connectivity index (χ3v) is 6.52. The number of carbonyl (C=O) groups excluding carboxylic acids is 1. The van der Waals surface area contributed by atoms with E-state index in [0.717, 1.165) is 61.7 Å². The van der Waals surface area contributed by atoms with Gasteiger partial charge in [0.1, 0.15) is 0 Å². The highest BCUT2D eigenvalue weighted by Crippen LogP contribution is 2.30. The number of pyridine rings is 1. The van der Waals surface area contributed by atoms with Crippen LogP contribution in [-0.4, -0.2) is 47.9 Å². The molecule has 0 saturated heterocycles. The summed E-state index contributed by atoms with van der Waals surface area (Å²) in [5.41, 5.74) is 10.0. The molecule has 0 unspecified atom stereocenters. The van der Waals surface area contributed by atoms with Gasteiger partial charge in [-0.25, -0.2) is 9.79 Å². The second-order valence-electron chi connectivity index (χ2n) is 9.81. The normalized spacial score (nSPS) is 13.2. The van der Waals surface area contributed by atoms with Crippen LogP contribution in [0.4, 0.5) is 23.7 Å². The third kappa shape index (κ3) is 9.97. The van der Waals surface area contributed by atoms with E-state index in [1.165, 1.54) is 23.8 Å². The van der Waals surface area contributed by atoms with Crippen molar-refractivity contribution in [2.75, 3.05) is 25.0 Å². The lowest BCUT2D eigenvalue weighted by Crippen LogP contribution is -2.42. The Morgan fingerprint density at radius 3 is 2.47 bits per heavy atom. The molecular formula is C31H34F3N7O2. The van der Waals surface area contributed by atoms with Crippen molar-refractivity contribution in [2.24, 2.45) is 10.7 Å². The summed E-state index contributed by atoms with van der Waals surface area (Å²) in [6.45, 7) is 7.29. The number of anilines is 1. The second kappa shape index (κ2) is 15.0. The van der Waals surface area contributed by atoms with Gasteiger partial charge in [-0.2, -0.15) is 0 Å². The molecule has 0 fully saturated rings. The molecule has 0 atom stereocenters. The lowest BCUT2D eigenvalue weighted by Gasteiger charge is -2.23. The molecular weight excluding hydrogens is 559 g/mol. The molecule has 2 amide bonds. The molecule has 1 aliphatic rings. The molecule has 2 aromatic carbocycles. The van der Waals surface area contributed by atoms with Gasteiger partial charge in [0, 0.05) is 30.7 Å². The summed E-state index contributed by atoms with van der Waals surface area (Å²) in [7, 11) is 0. The van der Waals surface area contributed by atoms with E-state index in [0.29, 0.717) is 12.2 Å². The van der Waals surface area contributed by atoms with Crippen molar-refractivity contribution in [3.05, 3.63) is 108 Å². The number of nitrogens with two attached hydrogens (primary N) is 1. The van der Waals surface area contributed by atoms with E-state index in [4.69, 9.17) is 5.73 Å². The molecule has 9 nitrogen and oxygen atoms in total. The van der Waals surface area contributed by atoms with Gasteiger partial charge in [-0.3, -0.25) is 15.2 Å². The molecule has 0 saturated carbocycles. The number of para-hydroxylation sites is 2. The van der Waals surface area contributed by atoms with E-state index in [1.807, 2.05) is 24.4 Å². The summed E-state index contributed by atoms with van der Waals surface area (Å²) >= 11 is 0. The summed E-state index contributed by atoms with van der Waals surface area (Å²) in [6.07, 6.45) is 3.35. The van der Waals surface area contributed by atoms with Crippen molar-refractivity contribution >= 4 is 23.3 Å². The molecule has 12 heteroatoms. The number of hydrogen-bond acceptors (Lipinski definition) is 7. The first-order valence-electron chi connectivity index (χ1n) is 13.8. The van der Waals surface area contributed by atoms with E-state index in [2.05, 4.69) is 60.3 Å². The van der Waals surface area contributed by atoms with Gasteiger partial charge in [0.2, 0.25) is 5.96 Å². The van der Waals surface area contributed by atoms with Gasteiger partial charge in [0.15, 0.2) is 5.75 Å². The Bertz CT molecular complexity index is 1440. The zero-order valence-corrected chi connectivity index (χ0v) is 23.5. The van der Waals surface area contributed by atoms with Crippen LogP contribution in [0, 0.1) is 0 Å². The highest BCUT2D eigenvalue weighted by Gasteiger charge is 2.32. The van der Waals surface area contributed by atoms with Crippen LogP contribution in [0.1, 0.15) is 29.5 Å². The fraction of sp³-hybridized carbons (Fsp3) is 0.258. The number of aromatic nitrogens is 1. The maximum absolute atomic E-state index is 12.7. The molecule has 0 spiro atoms. The summed E-state index contributed by atoms with van der Waals surface area (Å²) < 4.78 is 42.0. The zero-order chi connectivity index (χ0) is 30.7. The van der Waals surface area contributed by atoms with E-state index < -0.39 is 18.1 Å². The van der Waals surface area contributed by atoms with E-state index in [1.54, 1.807) is 12.4 Å². The average Bonchev–Trinajstić information content (AvgIpc) is 2.97. The third-order valence-electron chi connectivity index (χ3n) is 6.52. The lowest BCUT2D eigenvalue weighted by molar-refractivity contribution is -0.274. The number of halogens is 3. The smallest absolute Gasteiger partial charge is 0.404 e. The van der Waals surface area contributed by atoms with Crippen LogP contribution in [-0.2, 0) is 13.0 Å². The van der Waals surface area contributed by atoms with Gasteiger partial charge in [0.25, 0.3) is 0 Å². The van der Waals surface area contributed by atoms with Gasteiger partial charge in [-0.05, 0) is 73.8 Å². The Kier molecular flexibility index (Phi) is 10.9. The van der Waals surface area contributed by atoms with Crippen molar-refractivity contribution < 1.29 is 22.7 Å². The molecule has 43 heavy (non-hydrogen) atoms. The number of benzene rings is 2. The number of ether oxygens (including phenoxy) is 1. The molecule has 1 aromatic heterocycles. The molecule has 0 radical (unpaired) electrons. The highest BCUT2D eigenvalue weighted by molar-refractivity contribution is 6.05. The number of hydrogen-bond donors (Lipinski definition) is 4. The highest BCUT2D eigenvalue weighted by atomic mass is 19.4. The van der Waals surface area contributed by atoms with Crippen LogP contribution >= 0.6 is 0 Å². The Hall–Kier alpha value is -4.68. The number of urea groups is 1. The van der Waals surface area contributed by atoms with Gasteiger partial charge < -0.3 is 21.1 Å². The number of nitrogens with zero attached hydrogens (tertiary/aromatic N) is 3. The van der Waals surface area contributed by atoms with Crippen molar-refractivity contribution in [3.63, 3.8) is 0 Å². The summed E-state index contributed by atoms with van der Waals surface area (Å²) in [6, 6.07) is 16.6. The second-order valence-corrected chi connectivity index (χ2v) is 9.81. The van der Waals surface area contributed by atoms with Crippen molar-refractivity contribution in [2.45, 2.75) is 32.2 Å². The first kappa shape index (κ1) is 31.3. The molecule has 3 aromatic rings. The number of guanidine groups is 1. The number of aliphatic imine (C=N–C) groups is 1. The Balaban J connectivity index is 1.31. The molecule has 0 bridgehead atoms. The van der Waals surface area contributed by atoms with Crippen LogP contribution in [0.5, 0.6) is 5.75 Å². The van der Waals surface area contributed by atoms with Crippen molar-refractivity contribution in [1.82, 2.24) is 20.5 Å². The Morgan fingerprint density at radius 1 is 1.00 bits per heavy atom. The molecule has 226 valence electrons. The number of amides is 2. The first-order valence-corrected chi connectivity index (χ1v) is 13.8. The number of nitrogens with one attached hydrogen (secondary N) is 3. The maximum atomic E-state index is 12.7. The van der Waals surface area contributed by atoms with Gasteiger partial charge in [0.05, 0.1) is 11.4 Å². The van der Waals surface area contributed by atoms with Gasteiger partial charge >= 0.3 is 12.4 Å². The number of allylic oxidation sites excluding steroid dienone is 1. The fourth-order valence-corrected chi connectivity index (χ4v) is 4.50. The number of aryl methyl sites for hydroxylation is 1. The summed E-state index contributed by atoms with van der Waals surface area (Å²) in [4.78, 5) is 23.3. The fourth-order valence-electron chi connectivity index (χ4n) is 4.50. The molecule has 1 aliphatic heterocycles. The molecule has 0 aliphatic carbocycles. The predicted octanol–water partition coefficient (Wildman–Crippen LogP) is 5.40. The lowest BCUT2D eigenvalue weighted by atomic mass is 10.0. The molecule has 2 heterocycles. The maximum Gasteiger partial charge on any atom is 0.573 e. The minimum absolute atomic E-state index is 0.0684. The van der Waals surface area contributed by atoms with Crippen LogP contribution in [0.2, 0.25) is 0 Å². The minimum Gasteiger partial charge on any atom is -0.404 e. The Labute approximate surface area is 248 Å². The summed E-state index contributed by atoms with van der Waals surface area (Å²) in [5.74, 6) is -0.468. The van der Waals surface area contributed by atoms with Gasteiger partial charge in [-0.1, -0.05) is 49.0 Å². The SMILES string of the molecule is C=C1N=C(NC(=O)Nc2ccccc2OC(F)(F)F)NC=C1c1ccc(CN(CCCN)CCCc2cccnc2)cc1. The summed E-state index contributed by atoms with van der Waals surface area (Å²) in [5, 5.41) is 7.69. The molecule has 4 rings (SSSR count). The average molecular weight is 594 g/mol. The zero-order valence-electron chi connectivity index (χ0n) is 23.5. The quantitative estimate of drug-likeness (QED) is 0.224. The van der Waals surface area contributed by atoms with Crippen molar-refractivity contribution in [1.29, 1.82) is 0 Å². The van der Waals surface area contributed by atoms with Gasteiger partial charge in [-0.15, -0.1) is 13.2 Å². The largest absolute Gasteiger partial charge is 0.573 e. The van der Waals surface area contributed by atoms with Crippen LogP contribution < -0.4 is 26.4 Å². The molecule has 5 N–H and O–H groups in total. The number of carbonyl (C=O) groups is 1. The Morgan fingerprint density at radius 2 is 1.77 bits per heavy atom. The number of rotatable bonds is 12. The van der Waals surface area contributed by atoms with Crippen LogP contribution in [0.25, 0.3) is 5.57 Å². The van der Waals surface area contributed by atoms with E-state index >= 15 is 0 Å². The predicted molar refractivity (Wildman–Crippen MR) is 161 cm³/mol. The first-order chi connectivity index (χ1) is 20.7. The van der Waals surface area contributed by atoms with Crippen molar-refractivity contribution in [3.8, 4) is 5.75 Å². The number of alkyl halides is 3. The van der Waals surface area contributed by atoms with Crippen LogP contribution in [0.15, 0.2) is 96.5 Å². The van der Waals surface area contributed by atoms with E-state index in [-0.39, 0.29) is 11.6 Å².